The van der Waals surface area contributed by atoms with Gasteiger partial charge in [0.15, 0.2) is 5.78 Å². The van der Waals surface area contributed by atoms with E-state index in [1.807, 2.05) is 18.2 Å². The van der Waals surface area contributed by atoms with Crippen molar-refractivity contribution in [3.63, 3.8) is 0 Å². The van der Waals surface area contributed by atoms with Crippen LogP contribution in [0.1, 0.15) is 10.4 Å². The molecule has 2 aromatic rings. The summed E-state index contributed by atoms with van der Waals surface area (Å²) in [6, 6.07) is 16.1. The summed E-state index contributed by atoms with van der Waals surface area (Å²) < 4.78 is 10.5. The van der Waals surface area contributed by atoms with E-state index in [0.29, 0.717) is 44.0 Å². The highest BCUT2D eigenvalue weighted by molar-refractivity contribution is 5.97. The second-order valence-corrected chi connectivity index (χ2v) is 6.10. The Hall–Kier alpha value is -2.86. The molecule has 0 aliphatic carbocycles. The summed E-state index contributed by atoms with van der Waals surface area (Å²) in [6.45, 7) is 2.72. The monoisotopic (exact) mass is 354 g/mol. The lowest BCUT2D eigenvalue weighted by Gasteiger charge is -2.33. The molecule has 0 saturated carbocycles. The van der Waals surface area contributed by atoms with Gasteiger partial charge in [0.2, 0.25) is 0 Å². The van der Waals surface area contributed by atoms with Gasteiger partial charge in [-0.15, -0.1) is 0 Å². The summed E-state index contributed by atoms with van der Waals surface area (Å²) in [5.74, 6) is 1.33. The number of carbonyl (C=O) groups excluding carboxylic acids is 2. The van der Waals surface area contributed by atoms with Crippen LogP contribution in [-0.4, -0.2) is 61.5 Å². The molecule has 1 aliphatic rings. The number of Topliss-reactive ketones (excluding diaryl/α,β-unsaturated/α-hetero) is 1. The first-order valence-corrected chi connectivity index (χ1v) is 8.57. The number of rotatable bonds is 5. The number of piperazine rings is 1. The standard InChI is InChI=1S/C20H22N2O4/c1-25-17-9-7-16(8-10-17)19(23)15-21-11-13-22(14-12-21)20(24)26-18-5-3-2-4-6-18/h2-10H,11-15H2,1H3. The molecule has 1 amide bonds. The molecule has 0 atom stereocenters. The minimum absolute atomic E-state index is 0.0629. The average Bonchev–Trinajstić information content (AvgIpc) is 2.69. The van der Waals surface area contributed by atoms with Crippen molar-refractivity contribution in [1.82, 2.24) is 9.80 Å². The van der Waals surface area contributed by atoms with Gasteiger partial charge in [0, 0.05) is 31.7 Å². The fourth-order valence-corrected chi connectivity index (χ4v) is 2.81. The van der Waals surface area contributed by atoms with E-state index in [9.17, 15) is 9.59 Å². The third-order valence-electron chi connectivity index (χ3n) is 4.36. The summed E-state index contributed by atoms with van der Waals surface area (Å²) in [7, 11) is 1.60. The highest BCUT2D eigenvalue weighted by Crippen LogP contribution is 2.14. The molecule has 0 unspecified atom stereocenters. The van der Waals surface area contributed by atoms with E-state index in [0.717, 1.165) is 5.75 Å². The zero-order valence-electron chi connectivity index (χ0n) is 14.8. The SMILES string of the molecule is COc1ccc(C(=O)CN2CCN(C(=O)Oc3ccccc3)CC2)cc1. The number of methoxy groups -OCH3 is 1. The van der Waals surface area contributed by atoms with Crippen LogP contribution in [0.5, 0.6) is 11.5 Å². The molecule has 1 saturated heterocycles. The number of benzene rings is 2. The highest BCUT2D eigenvalue weighted by Gasteiger charge is 2.24. The Kier molecular flexibility index (Phi) is 5.86. The first-order chi connectivity index (χ1) is 12.7. The summed E-state index contributed by atoms with van der Waals surface area (Å²) in [5, 5.41) is 0. The molecule has 1 heterocycles. The van der Waals surface area contributed by atoms with Crippen LogP contribution in [0.4, 0.5) is 4.79 Å². The first-order valence-electron chi connectivity index (χ1n) is 8.57. The molecule has 0 aromatic heterocycles. The second kappa shape index (κ2) is 8.49. The number of carbonyl (C=O) groups is 2. The minimum atomic E-state index is -0.350. The van der Waals surface area contributed by atoms with Crippen LogP contribution in [0, 0.1) is 0 Å². The second-order valence-electron chi connectivity index (χ2n) is 6.10. The van der Waals surface area contributed by atoms with Crippen molar-refractivity contribution in [2.75, 3.05) is 39.8 Å². The van der Waals surface area contributed by atoms with Crippen LogP contribution in [-0.2, 0) is 0 Å². The van der Waals surface area contributed by atoms with E-state index in [-0.39, 0.29) is 11.9 Å². The summed E-state index contributed by atoms with van der Waals surface area (Å²) >= 11 is 0. The van der Waals surface area contributed by atoms with Crippen molar-refractivity contribution in [2.45, 2.75) is 0 Å². The Balaban J connectivity index is 1.47. The van der Waals surface area contributed by atoms with Gasteiger partial charge < -0.3 is 14.4 Å². The van der Waals surface area contributed by atoms with E-state index in [1.165, 1.54) is 0 Å². The van der Waals surface area contributed by atoms with Gasteiger partial charge in [-0.3, -0.25) is 9.69 Å². The van der Waals surface area contributed by atoms with Gasteiger partial charge >= 0.3 is 6.09 Å². The molecule has 0 N–H and O–H groups in total. The maximum Gasteiger partial charge on any atom is 0.415 e. The molecule has 6 heteroatoms. The van der Waals surface area contributed by atoms with Gasteiger partial charge in [0.1, 0.15) is 11.5 Å². The lowest BCUT2D eigenvalue weighted by molar-refractivity contribution is 0.0845. The number of hydrogen-bond donors (Lipinski definition) is 0. The van der Waals surface area contributed by atoms with Gasteiger partial charge in [0.25, 0.3) is 0 Å². The van der Waals surface area contributed by atoms with Crippen LogP contribution in [0.25, 0.3) is 0 Å². The minimum Gasteiger partial charge on any atom is -0.497 e. The smallest absolute Gasteiger partial charge is 0.415 e. The van der Waals surface area contributed by atoms with Crippen LogP contribution in [0.2, 0.25) is 0 Å². The number of amides is 1. The van der Waals surface area contributed by atoms with Gasteiger partial charge in [-0.2, -0.15) is 0 Å². The zero-order chi connectivity index (χ0) is 18.4. The van der Waals surface area contributed by atoms with Gasteiger partial charge in [-0.1, -0.05) is 18.2 Å². The molecule has 0 bridgehead atoms. The topological polar surface area (TPSA) is 59.1 Å². The Morgan fingerprint density at radius 1 is 0.885 bits per heavy atom. The molecule has 26 heavy (non-hydrogen) atoms. The predicted octanol–water partition coefficient (Wildman–Crippen LogP) is 2.69. The number of nitrogens with zero attached hydrogens (tertiary/aromatic N) is 2. The van der Waals surface area contributed by atoms with Crippen molar-refractivity contribution >= 4 is 11.9 Å². The van der Waals surface area contributed by atoms with Gasteiger partial charge in [-0.05, 0) is 36.4 Å². The summed E-state index contributed by atoms with van der Waals surface area (Å²) in [5.41, 5.74) is 0.664. The van der Waals surface area contributed by atoms with Crippen LogP contribution in [0.3, 0.4) is 0 Å². The first kappa shape index (κ1) is 17.9. The summed E-state index contributed by atoms with van der Waals surface area (Å²) in [4.78, 5) is 28.3. The fourth-order valence-electron chi connectivity index (χ4n) is 2.81. The van der Waals surface area contributed by atoms with E-state index >= 15 is 0 Å². The largest absolute Gasteiger partial charge is 0.497 e. The molecule has 0 spiro atoms. The Labute approximate surface area is 152 Å². The van der Waals surface area contributed by atoms with Crippen LogP contribution >= 0.6 is 0 Å². The number of hydrogen-bond acceptors (Lipinski definition) is 5. The van der Waals surface area contributed by atoms with Crippen molar-refractivity contribution in [3.8, 4) is 11.5 Å². The fraction of sp³-hybridized carbons (Fsp3) is 0.300. The van der Waals surface area contributed by atoms with Gasteiger partial charge in [0.05, 0.1) is 13.7 Å². The van der Waals surface area contributed by atoms with E-state index in [4.69, 9.17) is 9.47 Å². The molecule has 0 radical (unpaired) electrons. The van der Waals surface area contributed by atoms with E-state index in [2.05, 4.69) is 4.90 Å². The maximum atomic E-state index is 12.4. The molecule has 136 valence electrons. The summed E-state index contributed by atoms with van der Waals surface area (Å²) in [6.07, 6.45) is -0.350. The zero-order valence-corrected chi connectivity index (χ0v) is 14.8. The molecule has 1 aliphatic heterocycles. The molecule has 6 nitrogen and oxygen atoms in total. The molecular weight excluding hydrogens is 332 g/mol. The third-order valence-corrected chi connectivity index (χ3v) is 4.36. The molecule has 2 aromatic carbocycles. The third kappa shape index (κ3) is 4.61. The number of ether oxygens (including phenoxy) is 2. The van der Waals surface area contributed by atoms with Crippen LogP contribution in [0.15, 0.2) is 54.6 Å². The van der Waals surface area contributed by atoms with Gasteiger partial charge in [-0.25, -0.2) is 4.79 Å². The average molecular weight is 354 g/mol. The van der Waals surface area contributed by atoms with Crippen molar-refractivity contribution in [2.24, 2.45) is 0 Å². The van der Waals surface area contributed by atoms with E-state index in [1.54, 1.807) is 48.4 Å². The quantitative estimate of drug-likeness (QED) is 0.773. The number of para-hydroxylation sites is 1. The van der Waals surface area contributed by atoms with Crippen molar-refractivity contribution in [1.29, 1.82) is 0 Å². The van der Waals surface area contributed by atoms with Crippen LogP contribution < -0.4 is 9.47 Å². The van der Waals surface area contributed by atoms with E-state index < -0.39 is 0 Å². The Bertz CT molecular complexity index is 738. The van der Waals surface area contributed by atoms with Crippen molar-refractivity contribution < 1.29 is 19.1 Å². The molecule has 1 fully saturated rings. The Morgan fingerprint density at radius 2 is 1.54 bits per heavy atom. The Morgan fingerprint density at radius 3 is 2.15 bits per heavy atom. The normalized spacial score (nSPS) is 14.7. The maximum absolute atomic E-state index is 12.4. The van der Waals surface area contributed by atoms with Crippen molar-refractivity contribution in [3.05, 3.63) is 60.2 Å². The lowest BCUT2D eigenvalue weighted by Crippen LogP contribution is -2.50. The highest BCUT2D eigenvalue weighted by atomic mass is 16.6. The lowest BCUT2D eigenvalue weighted by atomic mass is 10.1. The molecule has 3 rings (SSSR count). The predicted molar refractivity (Wildman–Crippen MR) is 97.8 cm³/mol. The number of ketones is 1. The molecular formula is C20H22N2O4.